The molecule has 0 bridgehead atoms. The lowest BCUT2D eigenvalue weighted by atomic mass is 10.1. The summed E-state index contributed by atoms with van der Waals surface area (Å²) in [6.45, 7) is -0.0905. The smallest absolute Gasteiger partial charge is 0.311 e. The number of methoxy groups -OCH3 is 1. The van der Waals surface area contributed by atoms with E-state index in [-0.39, 0.29) is 36.1 Å². The number of carbonyl (C=O) groups excluding carboxylic acids is 2. The molecule has 1 saturated heterocycles. The van der Waals surface area contributed by atoms with Crippen LogP contribution < -0.4 is 9.64 Å². The Balaban J connectivity index is 1.67. The number of esters is 1. The number of hydrogen-bond acceptors (Lipinski definition) is 4. The molecule has 0 unspecified atom stereocenters. The fourth-order valence-electron chi connectivity index (χ4n) is 2.88. The van der Waals surface area contributed by atoms with E-state index in [1.165, 1.54) is 30.2 Å². The first kappa shape index (κ1) is 18.2. The van der Waals surface area contributed by atoms with Gasteiger partial charge in [0.05, 0.1) is 23.7 Å². The van der Waals surface area contributed by atoms with Gasteiger partial charge in [0.25, 0.3) is 0 Å². The van der Waals surface area contributed by atoms with E-state index in [9.17, 15) is 14.0 Å². The van der Waals surface area contributed by atoms with Gasteiger partial charge in [-0.05, 0) is 24.3 Å². The summed E-state index contributed by atoms with van der Waals surface area (Å²) >= 11 is 5.92. The molecule has 1 amide bonds. The number of nitrogens with zero attached hydrogens (tertiary/aromatic N) is 1. The van der Waals surface area contributed by atoms with Crippen LogP contribution in [0, 0.1) is 11.7 Å². The highest BCUT2D eigenvalue weighted by atomic mass is 35.5. The van der Waals surface area contributed by atoms with Crippen molar-refractivity contribution in [2.24, 2.45) is 5.92 Å². The normalized spacial score (nSPS) is 16.7. The van der Waals surface area contributed by atoms with Gasteiger partial charge in [0.15, 0.2) is 0 Å². The Labute approximate surface area is 155 Å². The topological polar surface area (TPSA) is 55.8 Å². The van der Waals surface area contributed by atoms with Crippen LogP contribution in [0.5, 0.6) is 5.75 Å². The minimum atomic E-state index is -0.627. The first-order chi connectivity index (χ1) is 12.5. The Kier molecular flexibility index (Phi) is 5.42. The van der Waals surface area contributed by atoms with E-state index >= 15 is 0 Å². The maximum Gasteiger partial charge on any atom is 0.311 e. The number of ether oxygens (including phenoxy) is 2. The molecule has 136 valence electrons. The number of amides is 1. The summed E-state index contributed by atoms with van der Waals surface area (Å²) in [6.07, 6.45) is 0.0296. The second-order valence-electron chi connectivity index (χ2n) is 5.89. The average Bonchev–Trinajstić information content (AvgIpc) is 3.02. The van der Waals surface area contributed by atoms with Crippen molar-refractivity contribution in [3.63, 3.8) is 0 Å². The summed E-state index contributed by atoms with van der Waals surface area (Å²) in [6, 6.07) is 11.3. The summed E-state index contributed by atoms with van der Waals surface area (Å²) in [7, 11) is 1.52. The third-order valence-corrected chi connectivity index (χ3v) is 4.61. The lowest BCUT2D eigenvalue weighted by Crippen LogP contribution is -2.26. The molecule has 1 fully saturated rings. The number of rotatable bonds is 5. The van der Waals surface area contributed by atoms with Gasteiger partial charge in [0.2, 0.25) is 5.91 Å². The molecule has 1 aliphatic rings. The number of para-hydroxylation sites is 2. The monoisotopic (exact) mass is 377 g/mol. The molecular weight excluding hydrogens is 361 g/mol. The Bertz CT molecular complexity index is 822. The lowest BCUT2D eigenvalue weighted by Gasteiger charge is -2.19. The van der Waals surface area contributed by atoms with Crippen LogP contribution in [0.15, 0.2) is 42.5 Å². The molecule has 3 rings (SSSR count). The second kappa shape index (κ2) is 7.74. The average molecular weight is 378 g/mol. The molecular formula is C19H17ClFNO4. The SMILES string of the molecule is COc1ccccc1N1C[C@H](C(=O)OCc2c(F)cccc2Cl)CC1=O. The van der Waals surface area contributed by atoms with Gasteiger partial charge in [-0.1, -0.05) is 29.8 Å². The summed E-state index contributed by atoms with van der Waals surface area (Å²) in [4.78, 5) is 26.1. The molecule has 0 aromatic heterocycles. The highest BCUT2D eigenvalue weighted by Gasteiger charge is 2.37. The molecule has 5 nitrogen and oxygen atoms in total. The van der Waals surface area contributed by atoms with Crippen molar-refractivity contribution < 1.29 is 23.5 Å². The molecule has 2 aromatic rings. The minimum Gasteiger partial charge on any atom is -0.495 e. The Morgan fingerprint density at radius 1 is 1.27 bits per heavy atom. The van der Waals surface area contributed by atoms with Gasteiger partial charge in [-0.3, -0.25) is 9.59 Å². The number of carbonyl (C=O) groups is 2. The number of hydrogen-bond donors (Lipinski definition) is 0. The van der Waals surface area contributed by atoms with Crippen LogP contribution in [0.4, 0.5) is 10.1 Å². The van der Waals surface area contributed by atoms with Crippen molar-refractivity contribution >= 4 is 29.2 Å². The predicted octanol–water partition coefficient (Wildman–Crippen LogP) is 3.58. The second-order valence-corrected chi connectivity index (χ2v) is 6.29. The van der Waals surface area contributed by atoms with Crippen LogP contribution in [-0.4, -0.2) is 25.5 Å². The Morgan fingerprint density at radius 2 is 2.04 bits per heavy atom. The highest BCUT2D eigenvalue weighted by Crippen LogP contribution is 2.33. The summed E-state index contributed by atoms with van der Waals surface area (Å²) < 4.78 is 24.2. The van der Waals surface area contributed by atoms with E-state index in [4.69, 9.17) is 21.1 Å². The number of anilines is 1. The fourth-order valence-corrected chi connectivity index (χ4v) is 3.10. The maximum atomic E-state index is 13.8. The van der Waals surface area contributed by atoms with Crippen LogP contribution in [-0.2, 0) is 20.9 Å². The van der Waals surface area contributed by atoms with Gasteiger partial charge >= 0.3 is 5.97 Å². The Morgan fingerprint density at radius 3 is 2.77 bits per heavy atom. The molecule has 2 aromatic carbocycles. The molecule has 26 heavy (non-hydrogen) atoms. The minimum absolute atomic E-state index is 0.0296. The largest absolute Gasteiger partial charge is 0.495 e. The van der Waals surface area contributed by atoms with Crippen LogP contribution in [0.3, 0.4) is 0 Å². The number of benzene rings is 2. The molecule has 0 N–H and O–H groups in total. The fraction of sp³-hybridized carbons (Fsp3) is 0.263. The molecule has 0 spiro atoms. The Hall–Kier alpha value is -2.60. The van der Waals surface area contributed by atoms with Crippen molar-refractivity contribution in [3.8, 4) is 5.75 Å². The van der Waals surface area contributed by atoms with Crippen LogP contribution >= 0.6 is 11.6 Å². The van der Waals surface area contributed by atoms with E-state index in [0.717, 1.165) is 0 Å². The van der Waals surface area contributed by atoms with Crippen molar-refractivity contribution in [2.75, 3.05) is 18.6 Å². The third kappa shape index (κ3) is 3.65. The van der Waals surface area contributed by atoms with Gasteiger partial charge < -0.3 is 14.4 Å². The van der Waals surface area contributed by atoms with Crippen molar-refractivity contribution in [3.05, 3.63) is 58.9 Å². The first-order valence-corrected chi connectivity index (χ1v) is 8.42. The van der Waals surface area contributed by atoms with Gasteiger partial charge in [0.1, 0.15) is 18.2 Å². The lowest BCUT2D eigenvalue weighted by molar-refractivity contribution is -0.149. The van der Waals surface area contributed by atoms with Crippen molar-refractivity contribution in [1.29, 1.82) is 0 Å². The van der Waals surface area contributed by atoms with Gasteiger partial charge in [-0.15, -0.1) is 0 Å². The van der Waals surface area contributed by atoms with Crippen molar-refractivity contribution in [1.82, 2.24) is 0 Å². The van der Waals surface area contributed by atoms with Gasteiger partial charge in [-0.25, -0.2) is 4.39 Å². The van der Waals surface area contributed by atoms with E-state index in [1.54, 1.807) is 24.3 Å². The predicted molar refractivity (Wildman–Crippen MR) is 94.7 cm³/mol. The highest BCUT2D eigenvalue weighted by molar-refractivity contribution is 6.31. The van der Waals surface area contributed by atoms with E-state index in [1.807, 2.05) is 0 Å². The third-order valence-electron chi connectivity index (χ3n) is 4.25. The number of halogens is 2. The molecule has 1 heterocycles. The molecule has 0 aliphatic carbocycles. The summed E-state index contributed by atoms with van der Waals surface area (Å²) in [5, 5.41) is 0.191. The molecule has 7 heteroatoms. The van der Waals surface area contributed by atoms with Crippen molar-refractivity contribution in [2.45, 2.75) is 13.0 Å². The quantitative estimate of drug-likeness (QED) is 0.747. The zero-order valence-electron chi connectivity index (χ0n) is 14.1. The van der Waals surface area contributed by atoms with E-state index < -0.39 is 17.7 Å². The summed E-state index contributed by atoms with van der Waals surface area (Å²) in [5.74, 6) is -1.37. The van der Waals surface area contributed by atoms with Crippen LogP contribution in [0.1, 0.15) is 12.0 Å². The zero-order chi connectivity index (χ0) is 18.7. The van der Waals surface area contributed by atoms with Gasteiger partial charge in [-0.2, -0.15) is 0 Å². The van der Waals surface area contributed by atoms with Gasteiger partial charge in [0, 0.05) is 18.5 Å². The van der Waals surface area contributed by atoms with Crippen LogP contribution in [0.2, 0.25) is 5.02 Å². The van der Waals surface area contributed by atoms with Crippen LogP contribution in [0.25, 0.3) is 0 Å². The molecule has 0 saturated carbocycles. The van der Waals surface area contributed by atoms with E-state index in [0.29, 0.717) is 11.4 Å². The summed E-state index contributed by atoms with van der Waals surface area (Å²) in [5.41, 5.74) is 0.723. The molecule has 1 aliphatic heterocycles. The molecule has 0 radical (unpaired) electrons. The maximum absolute atomic E-state index is 13.8. The molecule has 1 atom stereocenters. The first-order valence-electron chi connectivity index (χ1n) is 8.04. The standard InChI is InChI=1S/C19H17ClFNO4/c1-25-17-8-3-2-7-16(17)22-10-12(9-18(22)23)19(24)26-11-13-14(20)5-4-6-15(13)21/h2-8,12H,9-11H2,1H3/t12-/m1/s1. The zero-order valence-corrected chi connectivity index (χ0v) is 14.8. The van der Waals surface area contributed by atoms with E-state index in [2.05, 4.69) is 0 Å².